The molecule has 5 aromatic rings. The van der Waals surface area contributed by atoms with Crippen molar-refractivity contribution in [3.63, 3.8) is 0 Å². The summed E-state index contributed by atoms with van der Waals surface area (Å²) in [5.74, 6) is 0.742. The quantitative estimate of drug-likeness (QED) is 0.260. The molecule has 6 heteroatoms. The minimum absolute atomic E-state index is 0.350. The summed E-state index contributed by atoms with van der Waals surface area (Å²) in [4.78, 5) is 7.41. The zero-order chi connectivity index (χ0) is 22.8. The monoisotopic (exact) mass is 497 g/mol. The second-order valence-corrected chi connectivity index (χ2v) is 8.39. The van der Waals surface area contributed by atoms with Crippen molar-refractivity contribution < 1.29 is 9.13 Å². The molecule has 0 aliphatic heterocycles. The largest absolute Gasteiger partial charge is 0.488 e. The van der Waals surface area contributed by atoms with Gasteiger partial charge in [-0.1, -0.05) is 48.5 Å². The van der Waals surface area contributed by atoms with Gasteiger partial charge in [-0.2, -0.15) is 5.26 Å². The van der Waals surface area contributed by atoms with Gasteiger partial charge in [0, 0.05) is 0 Å². The molecule has 4 aromatic carbocycles. The van der Waals surface area contributed by atoms with Gasteiger partial charge in [-0.25, -0.2) is 9.37 Å². The van der Waals surface area contributed by atoms with Crippen LogP contribution in [0.2, 0.25) is 0 Å². The van der Waals surface area contributed by atoms with Crippen LogP contribution in [0.3, 0.4) is 0 Å². The van der Waals surface area contributed by atoms with E-state index < -0.39 is 0 Å². The molecule has 33 heavy (non-hydrogen) atoms. The molecule has 5 rings (SSSR count). The first-order valence-corrected chi connectivity index (χ1v) is 11.1. The Labute approximate surface area is 198 Å². The number of rotatable bonds is 5. The van der Waals surface area contributed by atoms with E-state index in [9.17, 15) is 9.65 Å². The second-order valence-electron chi connectivity index (χ2n) is 7.53. The first-order valence-electron chi connectivity index (χ1n) is 10.3. The molecular formula is C27H17BrFN3O. The number of aromatic amines is 1. The predicted octanol–water partition coefficient (Wildman–Crippen LogP) is 7.26. The lowest BCUT2D eigenvalue weighted by molar-refractivity contribution is 0.305. The summed E-state index contributed by atoms with van der Waals surface area (Å²) in [6, 6.07) is 26.5. The molecule has 0 saturated heterocycles. The normalized spacial score (nSPS) is 11.6. The molecule has 0 bridgehead atoms. The fourth-order valence-electron chi connectivity index (χ4n) is 3.73. The molecule has 160 valence electrons. The van der Waals surface area contributed by atoms with Crippen molar-refractivity contribution in [1.29, 1.82) is 5.26 Å². The number of ether oxygens (including phenoxy) is 1. The average molecular weight is 498 g/mol. The van der Waals surface area contributed by atoms with E-state index in [1.54, 1.807) is 12.1 Å². The smallest absolute Gasteiger partial charge is 0.149 e. The molecular weight excluding hydrogens is 481 g/mol. The van der Waals surface area contributed by atoms with Crippen LogP contribution >= 0.6 is 15.9 Å². The third kappa shape index (κ3) is 4.36. The number of nitrogens with zero attached hydrogens (tertiary/aromatic N) is 2. The van der Waals surface area contributed by atoms with Gasteiger partial charge in [-0.3, -0.25) is 0 Å². The van der Waals surface area contributed by atoms with Crippen LogP contribution in [0.4, 0.5) is 4.39 Å². The van der Waals surface area contributed by atoms with Crippen molar-refractivity contribution in [1.82, 2.24) is 9.97 Å². The Morgan fingerprint density at radius 1 is 1.06 bits per heavy atom. The highest BCUT2D eigenvalue weighted by atomic mass is 79.9. The van der Waals surface area contributed by atoms with Gasteiger partial charge in [-0.05, 0) is 74.2 Å². The summed E-state index contributed by atoms with van der Waals surface area (Å²) >= 11 is 3.57. The Hall–Kier alpha value is -3.95. The van der Waals surface area contributed by atoms with Crippen LogP contribution in [-0.4, -0.2) is 9.97 Å². The number of imidazole rings is 1. The summed E-state index contributed by atoms with van der Waals surface area (Å²) in [7, 11) is 0. The molecule has 1 heterocycles. The predicted molar refractivity (Wildman–Crippen MR) is 132 cm³/mol. The zero-order valence-corrected chi connectivity index (χ0v) is 18.9. The highest BCUT2D eigenvalue weighted by molar-refractivity contribution is 9.10. The lowest BCUT2D eigenvalue weighted by Gasteiger charge is -2.11. The van der Waals surface area contributed by atoms with Gasteiger partial charge in [0.2, 0.25) is 0 Å². The van der Waals surface area contributed by atoms with Gasteiger partial charge >= 0.3 is 0 Å². The summed E-state index contributed by atoms with van der Waals surface area (Å²) in [6.45, 7) is 0.439. The number of hydrogen-bond acceptors (Lipinski definition) is 3. The molecule has 1 aromatic heterocycles. The number of benzene rings is 4. The van der Waals surface area contributed by atoms with E-state index >= 15 is 0 Å². The van der Waals surface area contributed by atoms with E-state index in [1.165, 1.54) is 22.9 Å². The van der Waals surface area contributed by atoms with Crippen molar-refractivity contribution in [3.05, 3.63) is 106 Å². The van der Waals surface area contributed by atoms with Crippen molar-refractivity contribution in [2.75, 3.05) is 0 Å². The highest BCUT2D eigenvalue weighted by Gasteiger charge is 2.10. The van der Waals surface area contributed by atoms with E-state index in [0.29, 0.717) is 34.8 Å². The van der Waals surface area contributed by atoms with Crippen molar-refractivity contribution >= 4 is 49.4 Å². The van der Waals surface area contributed by atoms with Gasteiger partial charge < -0.3 is 9.72 Å². The second kappa shape index (κ2) is 8.89. The van der Waals surface area contributed by atoms with Gasteiger partial charge in [0.05, 0.1) is 21.1 Å². The van der Waals surface area contributed by atoms with Crippen LogP contribution in [0.1, 0.15) is 17.0 Å². The molecule has 0 amide bonds. The number of allylic oxidation sites excluding steroid dienone is 1. The molecule has 4 nitrogen and oxygen atoms in total. The molecule has 1 N–H and O–H groups in total. The third-order valence-corrected chi connectivity index (χ3v) is 5.97. The maximum atomic E-state index is 13.5. The standard InChI is InChI=1S/C27H17BrFN3O/c28-23-13-17(12-20(15-30)27-31-24-10-9-21(29)14-25(24)32-27)8-11-26(23)33-16-19-6-3-5-18-4-1-2-7-22(18)19/h1-14H,16H2,(H,31,32)/b20-12-. The minimum atomic E-state index is -0.358. The Balaban J connectivity index is 1.38. The number of halogens is 2. The van der Waals surface area contributed by atoms with Crippen LogP contribution in [0.25, 0.3) is 33.5 Å². The van der Waals surface area contributed by atoms with Crippen molar-refractivity contribution in [2.24, 2.45) is 0 Å². The van der Waals surface area contributed by atoms with Gasteiger partial charge in [0.1, 0.15) is 30.1 Å². The Morgan fingerprint density at radius 3 is 2.76 bits per heavy atom. The molecule has 0 aliphatic carbocycles. The molecule has 0 aliphatic rings. The first kappa shape index (κ1) is 20.9. The van der Waals surface area contributed by atoms with Gasteiger partial charge in [0.15, 0.2) is 0 Å². The summed E-state index contributed by atoms with van der Waals surface area (Å²) in [6.07, 6.45) is 1.73. The van der Waals surface area contributed by atoms with E-state index in [-0.39, 0.29) is 5.82 Å². The summed E-state index contributed by atoms with van der Waals surface area (Å²) in [5, 5.41) is 12.0. The van der Waals surface area contributed by atoms with Crippen molar-refractivity contribution in [3.8, 4) is 11.8 Å². The van der Waals surface area contributed by atoms with E-state index in [2.05, 4.69) is 56.2 Å². The van der Waals surface area contributed by atoms with Crippen LogP contribution < -0.4 is 4.74 Å². The van der Waals surface area contributed by atoms with Gasteiger partial charge in [0.25, 0.3) is 0 Å². The van der Waals surface area contributed by atoms with Crippen molar-refractivity contribution in [2.45, 2.75) is 6.61 Å². The summed E-state index contributed by atoms with van der Waals surface area (Å²) in [5.41, 5.74) is 3.41. The number of hydrogen-bond donors (Lipinski definition) is 1. The van der Waals surface area contributed by atoms with Crippen LogP contribution in [0, 0.1) is 17.1 Å². The molecule has 0 fully saturated rings. The highest BCUT2D eigenvalue weighted by Crippen LogP contribution is 2.29. The molecule has 0 unspecified atom stereocenters. The number of nitrogens with one attached hydrogen (secondary N) is 1. The minimum Gasteiger partial charge on any atom is -0.488 e. The molecule has 0 atom stereocenters. The Bertz CT molecular complexity index is 1560. The fraction of sp³-hybridized carbons (Fsp3) is 0.0370. The number of nitriles is 1. The van der Waals surface area contributed by atoms with Gasteiger partial charge in [-0.15, -0.1) is 0 Å². The lowest BCUT2D eigenvalue weighted by atomic mass is 10.1. The van der Waals surface area contributed by atoms with E-state index in [4.69, 9.17) is 4.74 Å². The maximum absolute atomic E-state index is 13.5. The van der Waals surface area contributed by atoms with Crippen LogP contribution in [0.5, 0.6) is 5.75 Å². The third-order valence-electron chi connectivity index (χ3n) is 5.35. The zero-order valence-electron chi connectivity index (χ0n) is 17.3. The Kier molecular flexibility index (Phi) is 5.64. The lowest BCUT2D eigenvalue weighted by Crippen LogP contribution is -1.97. The first-order chi connectivity index (χ1) is 16.1. The SMILES string of the molecule is N#C/C(=C/c1ccc(OCc2cccc3ccccc23)c(Br)c1)c1nc2ccc(F)cc2[nH]1. The number of fused-ring (bicyclic) bond motifs is 2. The van der Waals surface area contributed by atoms with Crippen LogP contribution in [-0.2, 0) is 6.61 Å². The molecule has 0 radical (unpaired) electrons. The fourth-order valence-corrected chi connectivity index (χ4v) is 4.24. The molecule has 0 spiro atoms. The average Bonchev–Trinajstić information content (AvgIpc) is 3.25. The topological polar surface area (TPSA) is 61.7 Å². The van der Waals surface area contributed by atoms with Crippen LogP contribution in [0.15, 0.2) is 83.3 Å². The maximum Gasteiger partial charge on any atom is 0.149 e. The summed E-state index contributed by atoms with van der Waals surface area (Å²) < 4.78 is 20.3. The number of aromatic nitrogens is 2. The Morgan fingerprint density at radius 2 is 1.91 bits per heavy atom. The molecule has 0 saturated carbocycles. The van der Waals surface area contributed by atoms with E-state index in [0.717, 1.165) is 15.6 Å². The van der Waals surface area contributed by atoms with E-state index in [1.807, 2.05) is 36.4 Å². The number of H-pyrrole nitrogens is 1.